The van der Waals surface area contributed by atoms with Gasteiger partial charge in [0.2, 0.25) is 5.28 Å². The average Bonchev–Trinajstić information content (AvgIpc) is 2.82. The lowest BCUT2D eigenvalue weighted by atomic mass is 10.1. The second-order valence-corrected chi connectivity index (χ2v) is 6.18. The molecule has 0 bridgehead atoms. The minimum Gasteiger partial charge on any atom is -0.354 e. The number of anilines is 1. The third-order valence-electron chi connectivity index (χ3n) is 2.98. The van der Waals surface area contributed by atoms with Gasteiger partial charge in [-0.05, 0) is 36.2 Å². The molecule has 2 heterocycles. The van der Waals surface area contributed by atoms with Crippen molar-refractivity contribution in [3.05, 3.63) is 34.9 Å². The zero-order valence-electron chi connectivity index (χ0n) is 11.7. The van der Waals surface area contributed by atoms with Crippen LogP contribution in [-0.2, 0) is 0 Å². The summed E-state index contributed by atoms with van der Waals surface area (Å²) in [5.74, 6) is -0.328. The Balaban J connectivity index is 2.30. The molecule has 0 unspecified atom stereocenters. The molecule has 21 heavy (non-hydrogen) atoms. The Bertz CT molecular complexity index is 831. The standard InChI is InChI=1S/C14H12ClFN4S/c1-7-4-5-8(9(16)6-7)10-11-12(18-13(15)17-10)19-14(21-11)20(2)3/h4-6H,1-3H3. The van der Waals surface area contributed by atoms with E-state index in [9.17, 15) is 4.39 Å². The van der Waals surface area contributed by atoms with Gasteiger partial charge in [0.1, 0.15) is 10.5 Å². The first-order valence-corrected chi connectivity index (χ1v) is 7.43. The summed E-state index contributed by atoms with van der Waals surface area (Å²) in [5, 5.41) is 0.836. The summed E-state index contributed by atoms with van der Waals surface area (Å²) < 4.78 is 15.0. The number of benzene rings is 1. The molecule has 4 nitrogen and oxygen atoms in total. The van der Waals surface area contributed by atoms with Crippen LogP contribution in [0, 0.1) is 12.7 Å². The molecule has 0 saturated heterocycles. The number of fused-ring (bicyclic) bond motifs is 1. The SMILES string of the molecule is Cc1ccc(-c2nc(Cl)nc3nc(N(C)C)sc23)c(F)c1. The van der Waals surface area contributed by atoms with Crippen molar-refractivity contribution in [1.29, 1.82) is 0 Å². The van der Waals surface area contributed by atoms with Gasteiger partial charge in [0.05, 0.1) is 5.69 Å². The molecule has 0 aliphatic rings. The molecule has 1 aromatic carbocycles. The summed E-state index contributed by atoms with van der Waals surface area (Å²) >= 11 is 7.37. The van der Waals surface area contributed by atoms with Gasteiger partial charge in [0.25, 0.3) is 0 Å². The Morgan fingerprint density at radius 3 is 2.62 bits per heavy atom. The van der Waals surface area contributed by atoms with Gasteiger partial charge >= 0.3 is 0 Å². The number of aromatic nitrogens is 3. The van der Waals surface area contributed by atoms with Crippen molar-refractivity contribution < 1.29 is 4.39 Å². The number of halogens is 2. The smallest absolute Gasteiger partial charge is 0.225 e. The normalized spacial score (nSPS) is 11.1. The van der Waals surface area contributed by atoms with Crippen LogP contribution in [0.5, 0.6) is 0 Å². The quantitative estimate of drug-likeness (QED) is 0.671. The highest BCUT2D eigenvalue weighted by Gasteiger charge is 2.17. The minimum absolute atomic E-state index is 0.0630. The molecule has 0 radical (unpaired) electrons. The van der Waals surface area contributed by atoms with Crippen molar-refractivity contribution in [2.45, 2.75) is 6.92 Å². The molecule has 2 aromatic heterocycles. The van der Waals surface area contributed by atoms with E-state index in [1.54, 1.807) is 6.07 Å². The fourth-order valence-corrected chi connectivity index (χ4v) is 3.07. The molecule has 0 fully saturated rings. The fourth-order valence-electron chi connectivity index (χ4n) is 1.97. The molecule has 0 aliphatic carbocycles. The van der Waals surface area contributed by atoms with Crippen LogP contribution in [-0.4, -0.2) is 29.0 Å². The summed E-state index contributed by atoms with van der Waals surface area (Å²) in [4.78, 5) is 14.6. The lowest BCUT2D eigenvalue weighted by molar-refractivity contribution is 0.629. The van der Waals surface area contributed by atoms with Gasteiger partial charge in [-0.25, -0.2) is 9.37 Å². The highest BCUT2D eigenvalue weighted by molar-refractivity contribution is 7.22. The molecule has 0 saturated carbocycles. The highest BCUT2D eigenvalue weighted by atomic mass is 35.5. The zero-order chi connectivity index (χ0) is 15.1. The van der Waals surface area contributed by atoms with Crippen LogP contribution in [0.4, 0.5) is 9.52 Å². The van der Waals surface area contributed by atoms with E-state index in [4.69, 9.17) is 11.6 Å². The zero-order valence-corrected chi connectivity index (χ0v) is 13.3. The second-order valence-electron chi connectivity index (χ2n) is 4.87. The summed E-state index contributed by atoms with van der Waals surface area (Å²) in [6.45, 7) is 1.84. The lowest BCUT2D eigenvalue weighted by Crippen LogP contribution is -2.07. The van der Waals surface area contributed by atoms with Crippen molar-refractivity contribution in [2.75, 3.05) is 19.0 Å². The summed E-state index contributed by atoms with van der Waals surface area (Å²) in [5.41, 5.74) is 2.22. The summed E-state index contributed by atoms with van der Waals surface area (Å²) in [6, 6.07) is 5.02. The van der Waals surface area contributed by atoms with Crippen LogP contribution in [0.2, 0.25) is 5.28 Å². The number of thiazole rings is 1. The maximum atomic E-state index is 14.2. The number of hydrogen-bond acceptors (Lipinski definition) is 5. The molecule has 0 aliphatic heterocycles. The molecule has 3 rings (SSSR count). The number of nitrogens with zero attached hydrogens (tertiary/aromatic N) is 4. The van der Waals surface area contributed by atoms with Crippen LogP contribution in [0.1, 0.15) is 5.56 Å². The van der Waals surface area contributed by atoms with Crippen LogP contribution in [0.15, 0.2) is 18.2 Å². The van der Waals surface area contributed by atoms with E-state index >= 15 is 0 Å². The van der Waals surface area contributed by atoms with E-state index in [1.165, 1.54) is 17.4 Å². The van der Waals surface area contributed by atoms with Crippen molar-refractivity contribution in [2.24, 2.45) is 0 Å². The molecular formula is C14H12ClFN4S. The van der Waals surface area contributed by atoms with E-state index in [0.29, 0.717) is 16.9 Å². The number of hydrogen-bond donors (Lipinski definition) is 0. The van der Waals surface area contributed by atoms with Crippen molar-refractivity contribution >= 4 is 38.4 Å². The largest absolute Gasteiger partial charge is 0.354 e. The second kappa shape index (κ2) is 5.20. The molecule has 0 amide bonds. The lowest BCUT2D eigenvalue weighted by Gasteiger charge is -2.05. The molecule has 0 atom stereocenters. The van der Waals surface area contributed by atoms with Gasteiger partial charge in [-0.15, -0.1) is 0 Å². The van der Waals surface area contributed by atoms with E-state index in [1.807, 2.05) is 32.0 Å². The Kier molecular flexibility index (Phi) is 3.51. The predicted octanol–water partition coefficient (Wildman–Crippen LogP) is 3.92. The first-order valence-electron chi connectivity index (χ1n) is 6.23. The molecule has 0 N–H and O–H groups in total. The van der Waals surface area contributed by atoms with E-state index in [-0.39, 0.29) is 11.1 Å². The maximum absolute atomic E-state index is 14.2. The average molecular weight is 323 g/mol. The highest BCUT2D eigenvalue weighted by Crippen LogP contribution is 2.35. The van der Waals surface area contributed by atoms with E-state index < -0.39 is 0 Å². The topological polar surface area (TPSA) is 41.9 Å². The van der Waals surface area contributed by atoms with Crippen LogP contribution < -0.4 is 4.90 Å². The van der Waals surface area contributed by atoms with E-state index in [2.05, 4.69) is 15.0 Å². The van der Waals surface area contributed by atoms with Gasteiger partial charge in [-0.2, -0.15) is 9.97 Å². The Morgan fingerprint density at radius 2 is 1.95 bits per heavy atom. The first kappa shape index (κ1) is 14.2. The monoisotopic (exact) mass is 322 g/mol. The van der Waals surface area contributed by atoms with Gasteiger partial charge < -0.3 is 4.90 Å². The van der Waals surface area contributed by atoms with Crippen LogP contribution in [0.3, 0.4) is 0 Å². The summed E-state index contributed by atoms with van der Waals surface area (Å²) in [6.07, 6.45) is 0. The van der Waals surface area contributed by atoms with Crippen LogP contribution >= 0.6 is 22.9 Å². The van der Waals surface area contributed by atoms with Gasteiger partial charge in [0, 0.05) is 19.7 Å². The Labute approximate surface area is 130 Å². The summed E-state index contributed by atoms with van der Waals surface area (Å²) in [7, 11) is 3.78. The van der Waals surface area contributed by atoms with Crippen molar-refractivity contribution in [3.63, 3.8) is 0 Å². The predicted molar refractivity (Wildman–Crippen MR) is 84.7 cm³/mol. The molecule has 108 valence electrons. The van der Waals surface area contributed by atoms with Gasteiger partial charge in [-0.3, -0.25) is 0 Å². The molecule has 7 heteroatoms. The van der Waals surface area contributed by atoms with E-state index in [0.717, 1.165) is 15.4 Å². The molecular weight excluding hydrogens is 311 g/mol. The Morgan fingerprint density at radius 1 is 1.19 bits per heavy atom. The minimum atomic E-state index is -0.328. The van der Waals surface area contributed by atoms with Crippen LogP contribution in [0.25, 0.3) is 21.6 Å². The molecule has 3 aromatic rings. The fraction of sp³-hybridized carbons (Fsp3) is 0.214. The van der Waals surface area contributed by atoms with Gasteiger partial charge in [0.15, 0.2) is 10.8 Å². The maximum Gasteiger partial charge on any atom is 0.225 e. The molecule has 0 spiro atoms. The van der Waals surface area contributed by atoms with Crippen molar-refractivity contribution in [1.82, 2.24) is 15.0 Å². The van der Waals surface area contributed by atoms with Crippen molar-refractivity contribution in [3.8, 4) is 11.3 Å². The third-order valence-corrected chi connectivity index (χ3v) is 4.37. The third kappa shape index (κ3) is 2.56. The Hall–Kier alpha value is -1.79. The first-order chi connectivity index (χ1) is 9.95. The van der Waals surface area contributed by atoms with Gasteiger partial charge in [-0.1, -0.05) is 17.4 Å². The number of aryl methyl sites for hydroxylation is 1. The number of rotatable bonds is 2.